The third-order valence-electron chi connectivity index (χ3n) is 3.47. The van der Waals surface area contributed by atoms with E-state index in [-0.39, 0.29) is 5.91 Å². The number of methoxy groups -OCH3 is 1. The summed E-state index contributed by atoms with van der Waals surface area (Å²) in [6.07, 6.45) is 1.43. The highest BCUT2D eigenvalue weighted by molar-refractivity contribution is 5.78. The van der Waals surface area contributed by atoms with E-state index < -0.39 is 0 Å². The Morgan fingerprint density at radius 3 is 2.89 bits per heavy atom. The lowest BCUT2D eigenvalue weighted by Crippen LogP contribution is -2.28. The molecule has 1 aromatic carbocycles. The summed E-state index contributed by atoms with van der Waals surface area (Å²) in [5, 5.41) is 0. The molecule has 98 valence electrons. The fourth-order valence-corrected chi connectivity index (χ4v) is 2.39. The first-order chi connectivity index (χ1) is 8.74. The molecule has 1 amide bonds. The molecular weight excluding hydrogens is 228 g/mol. The minimum absolute atomic E-state index is 0.223. The lowest BCUT2D eigenvalue weighted by molar-refractivity contribution is -0.127. The number of likely N-dealkylation sites (tertiary alicyclic amines) is 1. The maximum absolute atomic E-state index is 11.8. The lowest BCUT2D eigenvalue weighted by Gasteiger charge is -2.17. The molecule has 0 bridgehead atoms. The molecule has 0 saturated carbocycles. The number of hydrogen-bond donors (Lipinski definition) is 1. The fourth-order valence-electron chi connectivity index (χ4n) is 2.39. The van der Waals surface area contributed by atoms with Gasteiger partial charge in [-0.3, -0.25) is 4.79 Å². The number of nitrogens with two attached hydrogens (primary N) is 1. The molecule has 18 heavy (non-hydrogen) atoms. The van der Waals surface area contributed by atoms with E-state index in [9.17, 15) is 4.79 Å². The van der Waals surface area contributed by atoms with Gasteiger partial charge in [-0.15, -0.1) is 0 Å². The highest BCUT2D eigenvalue weighted by Gasteiger charge is 2.28. The number of carbonyl (C=O) groups excluding carboxylic acids is 1. The van der Waals surface area contributed by atoms with Crippen molar-refractivity contribution >= 4 is 5.91 Å². The van der Waals surface area contributed by atoms with Gasteiger partial charge in [-0.2, -0.15) is 0 Å². The van der Waals surface area contributed by atoms with E-state index in [0.29, 0.717) is 18.9 Å². The Balaban J connectivity index is 1.93. The van der Waals surface area contributed by atoms with Crippen LogP contribution >= 0.6 is 0 Å². The Morgan fingerprint density at radius 1 is 1.44 bits per heavy atom. The monoisotopic (exact) mass is 248 g/mol. The summed E-state index contributed by atoms with van der Waals surface area (Å²) in [6.45, 7) is 2.14. The second-order valence-electron chi connectivity index (χ2n) is 4.71. The van der Waals surface area contributed by atoms with Crippen molar-refractivity contribution in [2.45, 2.75) is 12.8 Å². The van der Waals surface area contributed by atoms with E-state index in [1.165, 1.54) is 0 Å². The fraction of sp³-hybridized carbons (Fsp3) is 0.500. The summed E-state index contributed by atoms with van der Waals surface area (Å²) in [5.74, 6) is 1.44. The van der Waals surface area contributed by atoms with Crippen molar-refractivity contribution in [1.29, 1.82) is 0 Å². The summed E-state index contributed by atoms with van der Waals surface area (Å²) in [7, 11) is 1.67. The number of amides is 1. The van der Waals surface area contributed by atoms with Gasteiger partial charge in [0, 0.05) is 19.5 Å². The molecule has 1 unspecified atom stereocenters. The molecule has 1 heterocycles. The number of benzene rings is 1. The Hall–Kier alpha value is -1.55. The molecule has 0 radical (unpaired) electrons. The standard InChI is InChI=1S/C14H20N2O2/c1-18-13-5-3-2-4-12(13)6-7-16-10-11(9-15)8-14(16)17/h2-5,11H,6-10,15H2,1H3. The number of para-hydroxylation sites is 1. The van der Waals surface area contributed by atoms with Crippen molar-refractivity contribution in [3.05, 3.63) is 29.8 Å². The Morgan fingerprint density at radius 2 is 2.22 bits per heavy atom. The van der Waals surface area contributed by atoms with E-state index in [2.05, 4.69) is 0 Å². The third kappa shape index (κ3) is 2.82. The summed E-state index contributed by atoms with van der Waals surface area (Å²) in [5.41, 5.74) is 6.75. The van der Waals surface area contributed by atoms with E-state index in [1.807, 2.05) is 29.2 Å². The number of hydrogen-bond acceptors (Lipinski definition) is 3. The molecule has 4 heteroatoms. The van der Waals surface area contributed by atoms with Crippen LogP contribution in [-0.4, -0.2) is 37.6 Å². The normalized spacial score (nSPS) is 19.3. The van der Waals surface area contributed by atoms with Crippen LogP contribution in [0.5, 0.6) is 5.75 Å². The highest BCUT2D eigenvalue weighted by atomic mass is 16.5. The van der Waals surface area contributed by atoms with Crippen LogP contribution in [0.1, 0.15) is 12.0 Å². The molecule has 0 aliphatic carbocycles. The second kappa shape index (κ2) is 5.87. The zero-order valence-electron chi connectivity index (χ0n) is 10.8. The Kier molecular flexibility index (Phi) is 4.20. The van der Waals surface area contributed by atoms with Gasteiger partial charge in [0.25, 0.3) is 0 Å². The van der Waals surface area contributed by atoms with Crippen molar-refractivity contribution in [2.75, 3.05) is 26.7 Å². The lowest BCUT2D eigenvalue weighted by atomic mass is 10.1. The van der Waals surface area contributed by atoms with Crippen LogP contribution < -0.4 is 10.5 Å². The third-order valence-corrected chi connectivity index (χ3v) is 3.47. The molecule has 1 saturated heterocycles. The van der Waals surface area contributed by atoms with Gasteiger partial charge in [0.15, 0.2) is 0 Å². The van der Waals surface area contributed by atoms with Crippen LogP contribution in [-0.2, 0) is 11.2 Å². The average molecular weight is 248 g/mol. The minimum Gasteiger partial charge on any atom is -0.496 e. The zero-order valence-corrected chi connectivity index (χ0v) is 10.8. The average Bonchev–Trinajstić information content (AvgIpc) is 2.77. The van der Waals surface area contributed by atoms with Gasteiger partial charge in [0.05, 0.1) is 7.11 Å². The first-order valence-electron chi connectivity index (χ1n) is 6.34. The van der Waals surface area contributed by atoms with Crippen LogP contribution in [0.4, 0.5) is 0 Å². The molecule has 1 fully saturated rings. The minimum atomic E-state index is 0.223. The van der Waals surface area contributed by atoms with Crippen LogP contribution in [0.15, 0.2) is 24.3 Å². The summed E-state index contributed by atoms with van der Waals surface area (Å²) in [4.78, 5) is 13.7. The molecule has 1 aliphatic rings. The molecule has 0 spiro atoms. The van der Waals surface area contributed by atoms with E-state index in [4.69, 9.17) is 10.5 Å². The van der Waals surface area contributed by atoms with Crippen LogP contribution in [0.2, 0.25) is 0 Å². The molecule has 2 rings (SSSR count). The van der Waals surface area contributed by atoms with Gasteiger partial charge in [0.2, 0.25) is 5.91 Å². The Bertz CT molecular complexity index is 420. The van der Waals surface area contributed by atoms with Crippen LogP contribution in [0.25, 0.3) is 0 Å². The van der Waals surface area contributed by atoms with Crippen molar-refractivity contribution in [1.82, 2.24) is 4.90 Å². The van der Waals surface area contributed by atoms with E-state index in [1.54, 1.807) is 7.11 Å². The van der Waals surface area contributed by atoms with Gasteiger partial charge in [-0.05, 0) is 30.5 Å². The predicted octanol–water partition coefficient (Wildman–Crippen LogP) is 1.04. The summed E-state index contributed by atoms with van der Waals surface area (Å²) in [6, 6.07) is 7.93. The van der Waals surface area contributed by atoms with Gasteiger partial charge in [-0.25, -0.2) is 0 Å². The second-order valence-corrected chi connectivity index (χ2v) is 4.71. The first-order valence-corrected chi connectivity index (χ1v) is 6.34. The highest BCUT2D eigenvalue weighted by Crippen LogP contribution is 2.21. The topological polar surface area (TPSA) is 55.6 Å². The molecule has 4 nitrogen and oxygen atoms in total. The maximum Gasteiger partial charge on any atom is 0.222 e. The van der Waals surface area contributed by atoms with Crippen molar-refractivity contribution < 1.29 is 9.53 Å². The zero-order chi connectivity index (χ0) is 13.0. The maximum atomic E-state index is 11.8. The Labute approximate surface area is 108 Å². The van der Waals surface area contributed by atoms with E-state index >= 15 is 0 Å². The number of ether oxygens (including phenoxy) is 1. The molecule has 0 aromatic heterocycles. The predicted molar refractivity (Wildman–Crippen MR) is 70.4 cm³/mol. The number of carbonyl (C=O) groups is 1. The van der Waals surface area contributed by atoms with Gasteiger partial charge < -0.3 is 15.4 Å². The molecular formula is C14H20N2O2. The molecule has 1 atom stereocenters. The van der Waals surface area contributed by atoms with Crippen LogP contribution in [0.3, 0.4) is 0 Å². The summed E-state index contributed by atoms with van der Waals surface area (Å²) >= 11 is 0. The molecule has 2 N–H and O–H groups in total. The SMILES string of the molecule is COc1ccccc1CCN1CC(CN)CC1=O. The van der Waals surface area contributed by atoms with Crippen molar-refractivity contribution in [2.24, 2.45) is 11.7 Å². The van der Waals surface area contributed by atoms with Gasteiger partial charge >= 0.3 is 0 Å². The largest absolute Gasteiger partial charge is 0.496 e. The van der Waals surface area contributed by atoms with Gasteiger partial charge in [-0.1, -0.05) is 18.2 Å². The van der Waals surface area contributed by atoms with Gasteiger partial charge in [0.1, 0.15) is 5.75 Å². The number of rotatable bonds is 5. The summed E-state index contributed by atoms with van der Waals surface area (Å²) < 4.78 is 5.31. The van der Waals surface area contributed by atoms with Crippen molar-refractivity contribution in [3.8, 4) is 5.75 Å². The number of nitrogens with zero attached hydrogens (tertiary/aromatic N) is 1. The first kappa shape index (κ1) is 12.9. The van der Waals surface area contributed by atoms with Crippen molar-refractivity contribution in [3.63, 3.8) is 0 Å². The molecule has 1 aliphatic heterocycles. The van der Waals surface area contributed by atoms with Crippen LogP contribution in [0, 0.1) is 5.92 Å². The van der Waals surface area contributed by atoms with E-state index in [0.717, 1.165) is 30.8 Å². The molecule has 1 aromatic rings. The quantitative estimate of drug-likeness (QED) is 0.847. The smallest absolute Gasteiger partial charge is 0.222 e.